The molecule has 3 heteroatoms. The Balaban J connectivity index is 1.29. The van der Waals surface area contributed by atoms with Gasteiger partial charge in [0, 0.05) is 5.92 Å². The minimum atomic E-state index is 0.230. The minimum Gasteiger partial charge on any atom is -0.490 e. The van der Waals surface area contributed by atoms with E-state index in [0.717, 1.165) is 23.6 Å². The Kier molecular flexibility index (Phi) is 5.23. The number of fused-ring (bicyclic) bond motifs is 4. The number of anilines is 1. The van der Waals surface area contributed by atoms with Gasteiger partial charge in [0.25, 0.3) is 0 Å². The average molecular weight is 434 g/mol. The molecule has 0 radical (unpaired) electrons. The Bertz CT molecular complexity index is 1290. The molecule has 1 heterocycles. The van der Waals surface area contributed by atoms with Crippen LogP contribution in [0.2, 0.25) is 0 Å². The number of hydrogen-bond acceptors (Lipinski definition) is 3. The molecule has 3 unspecified atom stereocenters. The molecule has 4 aromatic carbocycles. The molecule has 164 valence electrons. The van der Waals surface area contributed by atoms with Crippen molar-refractivity contribution < 1.29 is 9.47 Å². The van der Waals surface area contributed by atoms with Crippen molar-refractivity contribution in [2.24, 2.45) is 5.92 Å². The molecule has 0 spiro atoms. The fraction of sp³-hybridized carbons (Fsp3) is 0.200. The lowest BCUT2D eigenvalue weighted by Crippen LogP contribution is -2.29. The second-order valence-corrected chi connectivity index (χ2v) is 8.77. The molecule has 0 fully saturated rings. The predicted molar refractivity (Wildman–Crippen MR) is 134 cm³/mol. The van der Waals surface area contributed by atoms with Gasteiger partial charge in [0.15, 0.2) is 0 Å². The van der Waals surface area contributed by atoms with Crippen molar-refractivity contribution in [2.45, 2.75) is 18.4 Å². The molecule has 2 aliphatic rings. The highest BCUT2D eigenvalue weighted by atomic mass is 16.5. The first-order valence-electron chi connectivity index (χ1n) is 11.7. The van der Waals surface area contributed by atoms with Gasteiger partial charge in [-0.25, -0.2) is 0 Å². The molecule has 3 nitrogen and oxygen atoms in total. The zero-order chi connectivity index (χ0) is 22.0. The zero-order valence-electron chi connectivity index (χ0n) is 18.5. The van der Waals surface area contributed by atoms with Gasteiger partial charge in [-0.1, -0.05) is 84.9 Å². The lowest BCUT2D eigenvalue weighted by Gasteiger charge is -2.38. The third kappa shape index (κ3) is 3.74. The molecule has 1 aliphatic heterocycles. The summed E-state index contributed by atoms with van der Waals surface area (Å²) in [6.07, 6.45) is 5.80. The van der Waals surface area contributed by atoms with Crippen LogP contribution in [-0.2, 0) is 0 Å². The first-order valence-corrected chi connectivity index (χ1v) is 11.7. The smallest absolute Gasteiger partial charge is 0.142 e. The number of nitrogens with one attached hydrogen (secondary N) is 1. The normalized spacial score (nSPS) is 20.7. The van der Waals surface area contributed by atoms with Crippen molar-refractivity contribution in [2.75, 3.05) is 18.5 Å². The first-order chi connectivity index (χ1) is 16.4. The highest BCUT2D eigenvalue weighted by Gasteiger charge is 2.39. The maximum atomic E-state index is 6.23. The van der Waals surface area contributed by atoms with Crippen LogP contribution in [-0.4, -0.2) is 13.2 Å². The van der Waals surface area contributed by atoms with Crippen LogP contribution in [0.15, 0.2) is 103 Å². The summed E-state index contributed by atoms with van der Waals surface area (Å²) >= 11 is 0. The van der Waals surface area contributed by atoms with Crippen LogP contribution in [0.5, 0.6) is 11.5 Å². The van der Waals surface area contributed by atoms with Gasteiger partial charge < -0.3 is 14.8 Å². The van der Waals surface area contributed by atoms with Crippen molar-refractivity contribution in [1.29, 1.82) is 0 Å². The van der Waals surface area contributed by atoms with Crippen molar-refractivity contribution in [3.63, 3.8) is 0 Å². The molecule has 0 saturated heterocycles. The van der Waals surface area contributed by atoms with Crippen LogP contribution >= 0.6 is 0 Å². The summed E-state index contributed by atoms with van der Waals surface area (Å²) < 4.78 is 12.1. The van der Waals surface area contributed by atoms with Crippen LogP contribution in [0.25, 0.3) is 10.8 Å². The molecule has 4 aromatic rings. The molecule has 0 amide bonds. The second-order valence-electron chi connectivity index (χ2n) is 8.77. The van der Waals surface area contributed by atoms with Gasteiger partial charge in [0.2, 0.25) is 0 Å². The lowest BCUT2D eigenvalue weighted by atomic mass is 9.76. The summed E-state index contributed by atoms with van der Waals surface area (Å²) in [6.45, 7) is 1.00. The summed E-state index contributed by atoms with van der Waals surface area (Å²) in [5, 5.41) is 6.50. The van der Waals surface area contributed by atoms with E-state index in [1.807, 2.05) is 30.3 Å². The fourth-order valence-corrected chi connectivity index (χ4v) is 5.37. The van der Waals surface area contributed by atoms with Gasteiger partial charge in [0.05, 0.1) is 11.7 Å². The minimum absolute atomic E-state index is 0.230. The SMILES string of the molecule is C1=CC2c3cccc(OCCOc4ccccc4)c3NC(c3cccc4ccccc34)C2C1. The van der Waals surface area contributed by atoms with E-state index in [2.05, 4.69) is 78.1 Å². The topological polar surface area (TPSA) is 30.5 Å². The van der Waals surface area contributed by atoms with Gasteiger partial charge in [-0.15, -0.1) is 0 Å². The molecular formula is C30H27NO2. The molecule has 0 bridgehead atoms. The largest absolute Gasteiger partial charge is 0.490 e. The van der Waals surface area contributed by atoms with Crippen molar-refractivity contribution in [1.82, 2.24) is 0 Å². The molecule has 1 aliphatic carbocycles. The van der Waals surface area contributed by atoms with Crippen LogP contribution in [0.1, 0.15) is 29.5 Å². The number of ether oxygens (including phenoxy) is 2. The maximum absolute atomic E-state index is 6.23. The summed E-state index contributed by atoms with van der Waals surface area (Å²) in [6, 6.07) is 31.8. The number of rotatable bonds is 6. The standard InChI is InChI=1S/C30H27NO2/c1-2-11-22(12-3-1)32-19-20-33-28-18-8-17-27-24-14-7-16-26(24)29(31-30(27)28)25-15-6-10-21-9-4-5-13-23(21)25/h1-15,17-18,24,26,29,31H,16,19-20H2. The first kappa shape index (κ1) is 19.9. The summed E-state index contributed by atoms with van der Waals surface area (Å²) in [7, 11) is 0. The van der Waals surface area contributed by atoms with E-state index >= 15 is 0 Å². The summed E-state index contributed by atoms with van der Waals surface area (Å²) in [4.78, 5) is 0. The Morgan fingerprint density at radius 2 is 1.48 bits per heavy atom. The fourth-order valence-electron chi connectivity index (χ4n) is 5.37. The monoisotopic (exact) mass is 433 g/mol. The Morgan fingerprint density at radius 3 is 2.42 bits per heavy atom. The zero-order valence-corrected chi connectivity index (χ0v) is 18.5. The molecule has 33 heavy (non-hydrogen) atoms. The highest BCUT2D eigenvalue weighted by Crippen LogP contribution is 2.52. The Hall–Kier alpha value is -3.72. The van der Waals surface area contributed by atoms with E-state index in [1.54, 1.807) is 0 Å². The lowest BCUT2D eigenvalue weighted by molar-refractivity contribution is 0.217. The second kappa shape index (κ2) is 8.67. The molecule has 0 aromatic heterocycles. The van der Waals surface area contributed by atoms with E-state index in [-0.39, 0.29) is 6.04 Å². The van der Waals surface area contributed by atoms with Gasteiger partial charge in [-0.3, -0.25) is 0 Å². The van der Waals surface area contributed by atoms with Crippen molar-refractivity contribution >= 4 is 16.5 Å². The van der Waals surface area contributed by atoms with Gasteiger partial charge in [-0.2, -0.15) is 0 Å². The maximum Gasteiger partial charge on any atom is 0.142 e. The number of allylic oxidation sites excluding steroid dienone is 2. The highest BCUT2D eigenvalue weighted by molar-refractivity contribution is 5.87. The average Bonchev–Trinajstić information content (AvgIpc) is 3.37. The molecule has 6 rings (SSSR count). The van der Waals surface area contributed by atoms with Crippen LogP contribution in [0, 0.1) is 5.92 Å². The van der Waals surface area contributed by atoms with E-state index in [4.69, 9.17) is 9.47 Å². The number of benzene rings is 4. The number of hydrogen-bond donors (Lipinski definition) is 1. The van der Waals surface area contributed by atoms with Gasteiger partial charge in [-0.05, 0) is 52.4 Å². The van der Waals surface area contributed by atoms with Crippen molar-refractivity contribution in [3.8, 4) is 11.5 Å². The van der Waals surface area contributed by atoms with Gasteiger partial charge >= 0.3 is 0 Å². The molecule has 1 N–H and O–H groups in total. The van der Waals surface area contributed by atoms with Crippen LogP contribution < -0.4 is 14.8 Å². The van der Waals surface area contributed by atoms with Gasteiger partial charge in [0.1, 0.15) is 24.7 Å². The molecule has 0 saturated carbocycles. The van der Waals surface area contributed by atoms with Crippen LogP contribution in [0.3, 0.4) is 0 Å². The third-order valence-electron chi connectivity index (χ3n) is 6.87. The third-order valence-corrected chi connectivity index (χ3v) is 6.87. The van der Waals surface area contributed by atoms with E-state index in [1.165, 1.54) is 21.9 Å². The quantitative estimate of drug-likeness (QED) is 0.259. The number of para-hydroxylation sites is 2. The van der Waals surface area contributed by atoms with E-state index < -0.39 is 0 Å². The Morgan fingerprint density at radius 1 is 0.727 bits per heavy atom. The van der Waals surface area contributed by atoms with E-state index in [9.17, 15) is 0 Å². The van der Waals surface area contributed by atoms with Crippen LogP contribution in [0.4, 0.5) is 5.69 Å². The van der Waals surface area contributed by atoms with Crippen molar-refractivity contribution in [3.05, 3.63) is 114 Å². The summed E-state index contributed by atoms with van der Waals surface area (Å²) in [5.41, 5.74) is 3.80. The Labute approximate surface area is 194 Å². The molecular weight excluding hydrogens is 406 g/mol. The summed E-state index contributed by atoms with van der Waals surface area (Å²) in [5.74, 6) is 2.66. The predicted octanol–water partition coefficient (Wildman–Crippen LogP) is 7.12. The molecule has 3 atom stereocenters. The van der Waals surface area contributed by atoms with E-state index in [0.29, 0.717) is 25.0 Å².